The highest BCUT2D eigenvalue weighted by Gasteiger charge is 2.33. The van der Waals surface area contributed by atoms with Crippen LogP contribution >= 0.6 is 0 Å². The summed E-state index contributed by atoms with van der Waals surface area (Å²) in [5, 5.41) is 24.1. The molecule has 12 nitrogen and oxygen atoms in total. The van der Waals surface area contributed by atoms with Gasteiger partial charge in [-0.1, -0.05) is 117 Å². The van der Waals surface area contributed by atoms with Gasteiger partial charge < -0.3 is 36.1 Å². The van der Waals surface area contributed by atoms with Gasteiger partial charge in [-0.2, -0.15) is 0 Å². The summed E-state index contributed by atoms with van der Waals surface area (Å²) >= 11 is 0. The first-order valence-electron chi connectivity index (χ1n) is 17.7. The second-order valence-corrected chi connectivity index (χ2v) is 13.3. The number of benzene rings is 4. The molecule has 0 saturated carbocycles. The van der Waals surface area contributed by atoms with E-state index in [4.69, 9.17) is 4.74 Å². The zero-order valence-corrected chi connectivity index (χ0v) is 29.8. The first-order valence-corrected chi connectivity index (χ1v) is 17.7. The van der Waals surface area contributed by atoms with Crippen molar-refractivity contribution in [1.82, 2.24) is 31.2 Å². The van der Waals surface area contributed by atoms with Crippen LogP contribution in [0.2, 0.25) is 0 Å². The zero-order valence-electron chi connectivity index (χ0n) is 29.8. The van der Waals surface area contributed by atoms with Gasteiger partial charge in [0, 0.05) is 25.6 Å². The number of nitrogens with zero attached hydrogens (tertiary/aromatic N) is 1. The van der Waals surface area contributed by atoms with Crippen LogP contribution in [0.15, 0.2) is 116 Å². The first-order chi connectivity index (χ1) is 25.7. The molecule has 0 saturated heterocycles. The molecule has 5 aromatic rings. The van der Waals surface area contributed by atoms with Crippen LogP contribution in [0.3, 0.4) is 0 Å². The van der Waals surface area contributed by atoms with Crippen LogP contribution in [0.5, 0.6) is 0 Å². The highest BCUT2D eigenvalue weighted by Crippen LogP contribution is 2.20. The summed E-state index contributed by atoms with van der Waals surface area (Å²) in [4.78, 5) is 61.5. The SMILES string of the molecule is CC(C)C[C@H](NC(=O)C(Cc1c[nH]cn1)NC(=O)[C@@H](Cc1cccc2ccccc12)NC(=O)OCc1ccccc1)[C@H](O)C(=O)NCc1ccccc1. The van der Waals surface area contributed by atoms with E-state index in [1.807, 2.05) is 117 Å². The lowest BCUT2D eigenvalue weighted by atomic mass is 9.97. The Labute approximate surface area is 308 Å². The third kappa shape index (κ3) is 11.5. The number of rotatable bonds is 17. The molecule has 6 N–H and O–H groups in total. The zero-order chi connectivity index (χ0) is 37.6. The van der Waals surface area contributed by atoms with E-state index < -0.39 is 48.0 Å². The number of nitrogens with one attached hydrogen (secondary N) is 5. The lowest BCUT2D eigenvalue weighted by Crippen LogP contribution is -2.58. The van der Waals surface area contributed by atoms with Gasteiger partial charge >= 0.3 is 6.09 Å². The maximum atomic E-state index is 14.2. The van der Waals surface area contributed by atoms with Crippen molar-refractivity contribution < 1.29 is 29.0 Å². The number of alkyl carbamates (subject to hydrolysis) is 1. The topological polar surface area (TPSA) is 175 Å². The number of hydrogen-bond acceptors (Lipinski definition) is 7. The third-order valence-electron chi connectivity index (χ3n) is 8.74. The van der Waals surface area contributed by atoms with Crippen LogP contribution in [0.1, 0.15) is 42.7 Å². The van der Waals surface area contributed by atoms with E-state index in [0.717, 1.165) is 27.5 Å². The number of carbonyl (C=O) groups excluding carboxylic acids is 4. The second kappa shape index (κ2) is 19.0. The molecule has 4 amide bonds. The summed E-state index contributed by atoms with van der Waals surface area (Å²) < 4.78 is 5.47. The normalized spacial score (nSPS) is 13.4. The summed E-state index contributed by atoms with van der Waals surface area (Å²) in [6.45, 7) is 4.03. The van der Waals surface area contributed by atoms with Crippen molar-refractivity contribution in [2.24, 2.45) is 5.92 Å². The van der Waals surface area contributed by atoms with Gasteiger partial charge in [0.1, 0.15) is 18.7 Å². The van der Waals surface area contributed by atoms with Crippen molar-refractivity contribution in [1.29, 1.82) is 0 Å². The van der Waals surface area contributed by atoms with Gasteiger partial charge in [-0.25, -0.2) is 9.78 Å². The van der Waals surface area contributed by atoms with Gasteiger partial charge in [-0.3, -0.25) is 14.4 Å². The Kier molecular flexibility index (Phi) is 13.7. The molecule has 0 aliphatic carbocycles. The standard InChI is InChI=1S/C41H46N6O6/c1-27(2)20-34(37(48)40(51)43-23-28-12-5-3-6-13-28)45-39(50)36(22-32-24-42-26-44-32)46-38(49)35(47-41(52)53-25-29-14-7-4-8-15-29)21-31-18-11-17-30-16-9-10-19-33(30)31/h3-19,24,26-27,34-37,48H,20-23,25H2,1-2H3,(H,42,44)(H,43,51)(H,45,50)(H,46,49)(H,47,52)/t34-,35+,36?,37-/m0/s1. The lowest BCUT2D eigenvalue weighted by Gasteiger charge is -2.28. The number of aliphatic hydroxyl groups excluding tert-OH is 1. The molecule has 0 fully saturated rings. The fourth-order valence-electron chi connectivity index (χ4n) is 6.03. The largest absolute Gasteiger partial charge is 0.445 e. The molecule has 0 aliphatic heterocycles. The lowest BCUT2D eigenvalue weighted by molar-refractivity contribution is -0.134. The quantitative estimate of drug-likeness (QED) is 0.0830. The molecule has 12 heteroatoms. The molecule has 0 spiro atoms. The summed E-state index contributed by atoms with van der Waals surface area (Å²) in [5.74, 6) is -1.89. The summed E-state index contributed by atoms with van der Waals surface area (Å²) in [5.41, 5.74) is 2.93. The molecule has 4 atom stereocenters. The molecule has 0 radical (unpaired) electrons. The fraction of sp³-hybridized carbons (Fsp3) is 0.293. The fourth-order valence-corrected chi connectivity index (χ4v) is 6.03. The Balaban J connectivity index is 1.35. The molecule has 4 aromatic carbocycles. The average molecular weight is 719 g/mol. The molecular weight excluding hydrogens is 672 g/mol. The number of H-pyrrole nitrogens is 1. The predicted octanol–water partition coefficient (Wildman–Crippen LogP) is 4.34. The molecule has 276 valence electrons. The highest BCUT2D eigenvalue weighted by atomic mass is 16.5. The molecule has 5 rings (SSSR count). The number of fused-ring (bicyclic) bond motifs is 1. The van der Waals surface area contributed by atoms with Crippen molar-refractivity contribution in [3.8, 4) is 0 Å². The Hall–Kier alpha value is -6.01. The number of hydrogen-bond donors (Lipinski definition) is 6. The van der Waals surface area contributed by atoms with E-state index >= 15 is 0 Å². The van der Waals surface area contributed by atoms with E-state index in [-0.39, 0.29) is 38.3 Å². The Morgan fingerprint density at radius 1 is 0.736 bits per heavy atom. The van der Waals surface area contributed by atoms with E-state index in [2.05, 4.69) is 31.2 Å². The molecular formula is C41H46N6O6. The van der Waals surface area contributed by atoms with Crippen LogP contribution < -0.4 is 21.3 Å². The van der Waals surface area contributed by atoms with Crippen LogP contribution in [0.25, 0.3) is 10.8 Å². The van der Waals surface area contributed by atoms with Crippen molar-refractivity contribution >= 4 is 34.6 Å². The van der Waals surface area contributed by atoms with Gasteiger partial charge in [0.2, 0.25) is 11.8 Å². The van der Waals surface area contributed by atoms with Gasteiger partial charge in [-0.05, 0) is 39.8 Å². The predicted molar refractivity (Wildman–Crippen MR) is 201 cm³/mol. The van der Waals surface area contributed by atoms with Crippen molar-refractivity contribution in [2.45, 2.75) is 70.5 Å². The number of carbonyl (C=O) groups is 4. The van der Waals surface area contributed by atoms with Gasteiger partial charge in [0.15, 0.2) is 6.10 Å². The maximum absolute atomic E-state index is 14.2. The summed E-state index contributed by atoms with van der Waals surface area (Å²) in [6.07, 6.45) is 1.08. The van der Waals surface area contributed by atoms with Crippen molar-refractivity contribution in [2.75, 3.05) is 0 Å². The number of aliphatic hydroxyl groups is 1. The average Bonchev–Trinajstić information content (AvgIpc) is 3.69. The van der Waals surface area contributed by atoms with Crippen LogP contribution in [0, 0.1) is 5.92 Å². The molecule has 53 heavy (non-hydrogen) atoms. The van der Waals surface area contributed by atoms with Crippen molar-refractivity contribution in [3.63, 3.8) is 0 Å². The number of aromatic nitrogens is 2. The number of imidazole rings is 1. The Morgan fingerprint density at radius 3 is 2.08 bits per heavy atom. The number of amides is 4. The minimum atomic E-state index is -1.56. The minimum absolute atomic E-state index is 0.00202. The maximum Gasteiger partial charge on any atom is 0.408 e. The Morgan fingerprint density at radius 2 is 1.38 bits per heavy atom. The first kappa shape index (κ1) is 38.2. The number of ether oxygens (including phenoxy) is 1. The van der Waals surface area contributed by atoms with E-state index in [1.165, 1.54) is 6.33 Å². The molecule has 1 unspecified atom stereocenters. The summed E-state index contributed by atoms with van der Waals surface area (Å²) in [7, 11) is 0. The van der Waals surface area contributed by atoms with Gasteiger partial charge in [0.25, 0.3) is 5.91 Å². The van der Waals surface area contributed by atoms with E-state index in [1.54, 1.807) is 6.20 Å². The van der Waals surface area contributed by atoms with Crippen molar-refractivity contribution in [3.05, 3.63) is 138 Å². The minimum Gasteiger partial charge on any atom is -0.445 e. The van der Waals surface area contributed by atoms with Gasteiger partial charge in [0.05, 0.1) is 18.1 Å². The monoisotopic (exact) mass is 718 g/mol. The highest BCUT2D eigenvalue weighted by molar-refractivity contribution is 5.93. The van der Waals surface area contributed by atoms with Crippen LogP contribution in [-0.2, 0) is 45.1 Å². The third-order valence-corrected chi connectivity index (χ3v) is 8.74. The number of aromatic amines is 1. The van der Waals surface area contributed by atoms with Crippen LogP contribution in [-0.4, -0.2) is 63.1 Å². The van der Waals surface area contributed by atoms with Gasteiger partial charge in [-0.15, -0.1) is 0 Å². The molecule has 1 aromatic heterocycles. The molecule has 1 heterocycles. The summed E-state index contributed by atoms with van der Waals surface area (Å²) in [6, 6.07) is 28.6. The molecule has 0 aliphatic rings. The smallest absolute Gasteiger partial charge is 0.408 e. The second-order valence-electron chi connectivity index (χ2n) is 13.3. The van der Waals surface area contributed by atoms with Crippen LogP contribution in [0.4, 0.5) is 4.79 Å². The van der Waals surface area contributed by atoms with E-state index in [9.17, 15) is 24.3 Å². The Bertz CT molecular complexity index is 1930. The van der Waals surface area contributed by atoms with E-state index in [0.29, 0.717) is 5.69 Å². The molecule has 0 bridgehead atoms.